The van der Waals surface area contributed by atoms with Gasteiger partial charge in [-0.1, -0.05) is 303 Å². The molecule has 0 aromatic heterocycles. The second-order valence-electron chi connectivity index (χ2n) is 19.0. The van der Waals surface area contributed by atoms with E-state index in [1.54, 1.807) is 0 Å². The molecule has 0 rings (SSSR count). The van der Waals surface area contributed by atoms with Gasteiger partial charge in [-0.2, -0.15) is 0 Å². The molecule has 0 spiro atoms. The van der Waals surface area contributed by atoms with Crippen LogP contribution in [-0.4, -0.2) is 34.9 Å². The second kappa shape index (κ2) is 50.7. The van der Waals surface area contributed by atoms with Crippen LogP contribution in [0.2, 0.25) is 0 Å². The van der Waals surface area contributed by atoms with Crippen molar-refractivity contribution in [2.24, 2.45) is 0 Å². The van der Waals surface area contributed by atoms with Crippen LogP contribution >= 0.6 is 0 Å². The molecule has 0 saturated heterocycles. The molecular formula is C54H109NO3. The van der Waals surface area contributed by atoms with Gasteiger partial charge in [0.2, 0.25) is 5.91 Å². The summed E-state index contributed by atoms with van der Waals surface area (Å²) in [6.45, 7) is 4.40. The third kappa shape index (κ3) is 46.5. The van der Waals surface area contributed by atoms with Crippen LogP contribution in [0.15, 0.2) is 0 Å². The van der Waals surface area contributed by atoms with E-state index < -0.39 is 12.1 Å². The molecule has 0 aromatic rings. The molecule has 348 valence electrons. The Morgan fingerprint density at radius 3 is 0.776 bits per heavy atom. The average Bonchev–Trinajstić information content (AvgIpc) is 3.23. The molecule has 0 heterocycles. The normalized spacial score (nSPS) is 12.7. The van der Waals surface area contributed by atoms with Crippen LogP contribution < -0.4 is 5.32 Å². The van der Waals surface area contributed by atoms with Gasteiger partial charge in [0.05, 0.1) is 18.8 Å². The van der Waals surface area contributed by atoms with Crippen LogP contribution in [0.4, 0.5) is 0 Å². The lowest BCUT2D eigenvalue weighted by Crippen LogP contribution is -2.45. The number of aliphatic hydroxyl groups excluding tert-OH is 2. The quantitative estimate of drug-likeness (QED) is 0.0536. The lowest BCUT2D eigenvalue weighted by Gasteiger charge is -2.22. The highest BCUT2D eigenvalue weighted by Crippen LogP contribution is 2.18. The van der Waals surface area contributed by atoms with Crippen molar-refractivity contribution in [2.75, 3.05) is 6.61 Å². The molecule has 0 aromatic carbocycles. The van der Waals surface area contributed by atoms with E-state index in [0.29, 0.717) is 12.8 Å². The van der Waals surface area contributed by atoms with E-state index in [1.807, 2.05) is 0 Å². The van der Waals surface area contributed by atoms with Gasteiger partial charge in [-0.25, -0.2) is 0 Å². The number of rotatable bonds is 51. The van der Waals surface area contributed by atoms with E-state index in [2.05, 4.69) is 19.2 Å². The summed E-state index contributed by atoms with van der Waals surface area (Å²) in [5, 5.41) is 23.3. The summed E-state index contributed by atoms with van der Waals surface area (Å²) < 4.78 is 0. The van der Waals surface area contributed by atoms with E-state index in [0.717, 1.165) is 25.7 Å². The van der Waals surface area contributed by atoms with Gasteiger partial charge in [0.1, 0.15) is 0 Å². The Morgan fingerprint density at radius 1 is 0.345 bits per heavy atom. The fourth-order valence-corrected chi connectivity index (χ4v) is 8.95. The SMILES string of the molecule is CCCCCCCCCCCCCCCCCCCCCCCCCCCC(=O)NC(CO)C(O)CCCCCCCCCCCCCCCCCCCCCCC. The maximum Gasteiger partial charge on any atom is 0.220 e. The number of hydrogen-bond acceptors (Lipinski definition) is 3. The van der Waals surface area contributed by atoms with Crippen LogP contribution in [0.1, 0.15) is 322 Å². The standard InChI is InChI=1S/C54H109NO3/c1-3-5-7-9-11-13-15-17-19-21-23-25-26-27-28-30-32-34-36-38-40-42-44-46-48-50-54(58)55-52(51-56)53(57)49-47-45-43-41-39-37-35-33-31-29-24-22-20-18-16-14-12-10-8-6-4-2/h52-53,56-57H,3-51H2,1-2H3,(H,55,58). The summed E-state index contributed by atoms with van der Waals surface area (Å²) in [5.74, 6) is -0.0222. The van der Waals surface area contributed by atoms with Gasteiger partial charge in [-0.3, -0.25) is 4.79 Å². The highest BCUT2D eigenvalue weighted by atomic mass is 16.3. The zero-order valence-electron chi connectivity index (χ0n) is 40.1. The largest absolute Gasteiger partial charge is 0.394 e. The van der Waals surface area contributed by atoms with Gasteiger partial charge < -0.3 is 15.5 Å². The number of carbonyl (C=O) groups is 1. The highest BCUT2D eigenvalue weighted by Gasteiger charge is 2.20. The number of hydrogen-bond donors (Lipinski definition) is 3. The van der Waals surface area contributed by atoms with Crippen molar-refractivity contribution in [3.8, 4) is 0 Å². The summed E-state index contributed by atoms with van der Waals surface area (Å²) in [6, 6.07) is -0.531. The van der Waals surface area contributed by atoms with Crippen LogP contribution in [0.3, 0.4) is 0 Å². The van der Waals surface area contributed by atoms with Gasteiger partial charge in [0.15, 0.2) is 0 Å². The molecule has 0 aliphatic rings. The van der Waals surface area contributed by atoms with Crippen molar-refractivity contribution in [2.45, 2.75) is 334 Å². The zero-order valence-corrected chi connectivity index (χ0v) is 40.1. The van der Waals surface area contributed by atoms with E-state index in [4.69, 9.17) is 0 Å². The fourth-order valence-electron chi connectivity index (χ4n) is 8.95. The number of nitrogens with one attached hydrogen (secondary N) is 1. The molecule has 1 amide bonds. The summed E-state index contributed by atoms with van der Waals surface area (Å²) in [5.41, 5.74) is 0. The summed E-state index contributed by atoms with van der Waals surface area (Å²) >= 11 is 0. The van der Waals surface area contributed by atoms with Crippen LogP contribution in [0.25, 0.3) is 0 Å². The Kier molecular flexibility index (Phi) is 50.2. The minimum absolute atomic E-state index is 0.0222. The van der Waals surface area contributed by atoms with Crippen molar-refractivity contribution in [3.05, 3.63) is 0 Å². The number of carbonyl (C=O) groups excluding carboxylic acids is 1. The van der Waals surface area contributed by atoms with Crippen LogP contribution in [0.5, 0.6) is 0 Å². The number of unbranched alkanes of at least 4 members (excludes halogenated alkanes) is 44. The second-order valence-corrected chi connectivity index (χ2v) is 19.0. The zero-order chi connectivity index (χ0) is 42.1. The fraction of sp³-hybridized carbons (Fsp3) is 0.981. The lowest BCUT2D eigenvalue weighted by molar-refractivity contribution is -0.123. The minimum atomic E-state index is -0.654. The molecule has 0 radical (unpaired) electrons. The highest BCUT2D eigenvalue weighted by molar-refractivity contribution is 5.76. The van der Waals surface area contributed by atoms with Gasteiger partial charge in [-0.05, 0) is 12.8 Å². The lowest BCUT2D eigenvalue weighted by atomic mass is 10.0. The topological polar surface area (TPSA) is 69.6 Å². The summed E-state index contributed by atoms with van der Waals surface area (Å²) in [4.78, 5) is 12.5. The Hall–Kier alpha value is -0.610. The predicted octanol–water partition coefficient (Wildman–Crippen LogP) is 17.6. The van der Waals surface area contributed by atoms with Crippen LogP contribution in [0, 0.1) is 0 Å². The molecule has 2 unspecified atom stereocenters. The molecule has 0 saturated carbocycles. The van der Waals surface area contributed by atoms with Gasteiger partial charge >= 0.3 is 0 Å². The molecule has 58 heavy (non-hydrogen) atoms. The smallest absolute Gasteiger partial charge is 0.220 e. The van der Waals surface area contributed by atoms with Gasteiger partial charge in [0, 0.05) is 6.42 Å². The number of aliphatic hydroxyl groups is 2. The molecule has 4 heteroatoms. The van der Waals surface area contributed by atoms with E-state index in [1.165, 1.54) is 270 Å². The monoisotopic (exact) mass is 820 g/mol. The first-order chi connectivity index (χ1) is 28.7. The van der Waals surface area contributed by atoms with E-state index in [9.17, 15) is 15.0 Å². The Balaban J connectivity index is 3.41. The van der Waals surface area contributed by atoms with Crippen molar-refractivity contribution in [3.63, 3.8) is 0 Å². The molecular weight excluding hydrogens is 711 g/mol. The predicted molar refractivity (Wildman–Crippen MR) is 258 cm³/mol. The Bertz CT molecular complexity index is 759. The minimum Gasteiger partial charge on any atom is -0.394 e. The molecule has 0 fully saturated rings. The first-order valence-electron chi connectivity index (χ1n) is 27.2. The molecule has 0 aliphatic heterocycles. The molecule has 2 atom stereocenters. The van der Waals surface area contributed by atoms with Gasteiger partial charge in [-0.15, -0.1) is 0 Å². The first-order valence-corrected chi connectivity index (χ1v) is 27.2. The first kappa shape index (κ1) is 57.4. The van der Waals surface area contributed by atoms with Crippen molar-refractivity contribution in [1.29, 1.82) is 0 Å². The molecule has 4 nitrogen and oxygen atoms in total. The van der Waals surface area contributed by atoms with E-state index >= 15 is 0 Å². The van der Waals surface area contributed by atoms with Gasteiger partial charge in [0.25, 0.3) is 0 Å². The Labute approximate surface area is 365 Å². The average molecular weight is 820 g/mol. The number of amides is 1. The van der Waals surface area contributed by atoms with Crippen molar-refractivity contribution < 1.29 is 15.0 Å². The third-order valence-corrected chi connectivity index (χ3v) is 13.1. The van der Waals surface area contributed by atoms with Crippen LogP contribution in [-0.2, 0) is 4.79 Å². The maximum atomic E-state index is 12.5. The van der Waals surface area contributed by atoms with Crippen molar-refractivity contribution in [1.82, 2.24) is 5.32 Å². The Morgan fingerprint density at radius 2 is 0.552 bits per heavy atom. The summed E-state index contributed by atoms with van der Waals surface area (Å²) in [7, 11) is 0. The summed E-state index contributed by atoms with van der Waals surface area (Å²) in [6.07, 6.45) is 63.7. The van der Waals surface area contributed by atoms with E-state index in [-0.39, 0.29) is 12.5 Å². The molecule has 0 bridgehead atoms. The molecule has 3 N–H and O–H groups in total. The van der Waals surface area contributed by atoms with Crippen molar-refractivity contribution >= 4 is 5.91 Å². The third-order valence-electron chi connectivity index (χ3n) is 13.1. The maximum absolute atomic E-state index is 12.5. The molecule has 0 aliphatic carbocycles.